The molecule has 7 heteroatoms. The van der Waals surface area contributed by atoms with Gasteiger partial charge in [-0.25, -0.2) is 4.98 Å². The largest absolute Gasteiger partial charge is 0.454 e. The van der Waals surface area contributed by atoms with Crippen LogP contribution in [0.1, 0.15) is 5.56 Å². The molecule has 0 saturated heterocycles. The Labute approximate surface area is 121 Å². The summed E-state index contributed by atoms with van der Waals surface area (Å²) in [5, 5.41) is 5.71. The Bertz CT molecular complexity index is 633. The Morgan fingerprint density at radius 1 is 1.24 bits per heavy atom. The van der Waals surface area contributed by atoms with E-state index in [9.17, 15) is 4.79 Å². The molecule has 0 spiro atoms. The number of benzene rings is 1. The predicted octanol–water partition coefficient (Wildman–Crippen LogP) is 0.934. The monoisotopic (exact) mass is 286 g/mol. The number of rotatable bonds is 5. The first kappa shape index (κ1) is 13.3. The van der Waals surface area contributed by atoms with Crippen molar-refractivity contribution in [3.8, 4) is 11.5 Å². The van der Waals surface area contributed by atoms with E-state index in [1.165, 1.54) is 12.4 Å². The first-order valence-corrected chi connectivity index (χ1v) is 6.46. The van der Waals surface area contributed by atoms with Gasteiger partial charge in [0.2, 0.25) is 12.7 Å². The van der Waals surface area contributed by atoms with Gasteiger partial charge >= 0.3 is 0 Å². The molecule has 0 aliphatic carbocycles. The molecular formula is C14H14N4O3. The van der Waals surface area contributed by atoms with Gasteiger partial charge in [-0.05, 0) is 17.7 Å². The zero-order valence-corrected chi connectivity index (χ0v) is 11.2. The van der Waals surface area contributed by atoms with E-state index in [0.29, 0.717) is 12.4 Å². The molecule has 3 rings (SSSR count). The predicted molar refractivity (Wildman–Crippen MR) is 74.9 cm³/mol. The molecule has 1 aliphatic rings. The number of fused-ring (bicyclic) bond motifs is 1. The van der Waals surface area contributed by atoms with Gasteiger partial charge in [-0.15, -0.1) is 0 Å². The maximum atomic E-state index is 11.7. The Balaban J connectivity index is 1.46. The standard InChI is InChI=1S/C14H14N4O3/c19-14(18-13-7-15-3-4-17-13)8-16-6-10-1-2-11-12(5-10)21-9-20-11/h1-5,7,16H,6,8-9H2,(H,17,18,19). The topological polar surface area (TPSA) is 85.4 Å². The molecule has 1 aromatic heterocycles. The molecule has 0 atom stereocenters. The van der Waals surface area contributed by atoms with Crippen molar-refractivity contribution in [1.82, 2.24) is 15.3 Å². The lowest BCUT2D eigenvalue weighted by atomic mass is 10.2. The molecule has 1 amide bonds. The maximum Gasteiger partial charge on any atom is 0.239 e. The molecule has 1 aromatic carbocycles. The fourth-order valence-electron chi connectivity index (χ4n) is 1.92. The highest BCUT2D eigenvalue weighted by Gasteiger charge is 2.13. The third-order valence-electron chi connectivity index (χ3n) is 2.88. The van der Waals surface area contributed by atoms with E-state index in [4.69, 9.17) is 9.47 Å². The summed E-state index contributed by atoms with van der Waals surface area (Å²) in [6.07, 6.45) is 4.57. The maximum absolute atomic E-state index is 11.7. The average molecular weight is 286 g/mol. The van der Waals surface area contributed by atoms with Crippen LogP contribution >= 0.6 is 0 Å². The summed E-state index contributed by atoms with van der Waals surface area (Å²) in [4.78, 5) is 19.6. The minimum atomic E-state index is -0.170. The number of carbonyl (C=O) groups excluding carboxylic acids is 1. The van der Waals surface area contributed by atoms with Crippen LogP contribution in [-0.4, -0.2) is 29.2 Å². The SMILES string of the molecule is O=C(CNCc1ccc2c(c1)OCO2)Nc1cnccn1. The second-order valence-corrected chi connectivity index (χ2v) is 4.43. The van der Waals surface area contributed by atoms with Crippen LogP contribution in [-0.2, 0) is 11.3 Å². The van der Waals surface area contributed by atoms with Crippen molar-refractivity contribution in [3.63, 3.8) is 0 Å². The number of carbonyl (C=O) groups is 1. The third kappa shape index (κ3) is 3.46. The molecule has 2 heterocycles. The fourth-order valence-corrected chi connectivity index (χ4v) is 1.92. The number of ether oxygens (including phenoxy) is 2. The zero-order chi connectivity index (χ0) is 14.5. The van der Waals surface area contributed by atoms with E-state index in [2.05, 4.69) is 20.6 Å². The summed E-state index contributed by atoms with van der Waals surface area (Å²) in [5.74, 6) is 1.75. The highest BCUT2D eigenvalue weighted by atomic mass is 16.7. The van der Waals surface area contributed by atoms with Crippen LogP contribution in [0.3, 0.4) is 0 Å². The Kier molecular flexibility index (Phi) is 3.92. The lowest BCUT2D eigenvalue weighted by Crippen LogP contribution is -2.28. The van der Waals surface area contributed by atoms with Gasteiger partial charge in [0.1, 0.15) is 0 Å². The van der Waals surface area contributed by atoms with Crippen molar-refractivity contribution >= 4 is 11.7 Å². The minimum absolute atomic E-state index is 0.170. The van der Waals surface area contributed by atoms with E-state index < -0.39 is 0 Å². The third-order valence-corrected chi connectivity index (χ3v) is 2.88. The van der Waals surface area contributed by atoms with Gasteiger partial charge in [0.25, 0.3) is 0 Å². The van der Waals surface area contributed by atoms with E-state index in [1.807, 2.05) is 18.2 Å². The van der Waals surface area contributed by atoms with Crippen LogP contribution in [0.25, 0.3) is 0 Å². The molecule has 108 valence electrons. The number of nitrogens with one attached hydrogen (secondary N) is 2. The minimum Gasteiger partial charge on any atom is -0.454 e. The highest BCUT2D eigenvalue weighted by molar-refractivity contribution is 5.91. The van der Waals surface area contributed by atoms with Gasteiger partial charge in [0.05, 0.1) is 12.7 Å². The number of anilines is 1. The molecule has 0 fully saturated rings. The molecule has 0 unspecified atom stereocenters. The quantitative estimate of drug-likeness (QED) is 0.850. The summed E-state index contributed by atoms with van der Waals surface area (Å²) in [6, 6.07) is 5.69. The van der Waals surface area contributed by atoms with Crippen LogP contribution in [0.15, 0.2) is 36.8 Å². The zero-order valence-electron chi connectivity index (χ0n) is 11.2. The molecule has 2 aromatic rings. The summed E-state index contributed by atoms with van der Waals surface area (Å²) < 4.78 is 10.5. The van der Waals surface area contributed by atoms with Crippen molar-refractivity contribution < 1.29 is 14.3 Å². The molecule has 0 radical (unpaired) electrons. The summed E-state index contributed by atoms with van der Waals surface area (Å²) in [6.45, 7) is 1.00. The van der Waals surface area contributed by atoms with Crippen LogP contribution in [0.5, 0.6) is 11.5 Å². The van der Waals surface area contributed by atoms with Gasteiger partial charge < -0.3 is 20.1 Å². The smallest absolute Gasteiger partial charge is 0.239 e. The molecule has 0 bridgehead atoms. The second-order valence-electron chi connectivity index (χ2n) is 4.43. The number of hydrogen-bond acceptors (Lipinski definition) is 6. The van der Waals surface area contributed by atoms with Crippen molar-refractivity contribution in [2.45, 2.75) is 6.54 Å². The van der Waals surface area contributed by atoms with E-state index in [-0.39, 0.29) is 19.2 Å². The van der Waals surface area contributed by atoms with Gasteiger partial charge in [-0.2, -0.15) is 0 Å². The van der Waals surface area contributed by atoms with Crippen molar-refractivity contribution in [2.24, 2.45) is 0 Å². The number of hydrogen-bond donors (Lipinski definition) is 2. The molecule has 21 heavy (non-hydrogen) atoms. The fraction of sp³-hybridized carbons (Fsp3) is 0.214. The van der Waals surface area contributed by atoms with E-state index in [1.54, 1.807) is 6.20 Å². The molecule has 2 N–H and O–H groups in total. The molecule has 7 nitrogen and oxygen atoms in total. The van der Waals surface area contributed by atoms with Gasteiger partial charge in [0, 0.05) is 18.9 Å². The number of nitrogens with zero attached hydrogens (tertiary/aromatic N) is 2. The van der Waals surface area contributed by atoms with Gasteiger partial charge in [0.15, 0.2) is 17.3 Å². The van der Waals surface area contributed by atoms with Crippen LogP contribution in [0.2, 0.25) is 0 Å². The Hall–Kier alpha value is -2.67. The van der Waals surface area contributed by atoms with Crippen LogP contribution in [0, 0.1) is 0 Å². The second kappa shape index (κ2) is 6.19. The lowest BCUT2D eigenvalue weighted by molar-refractivity contribution is -0.115. The van der Waals surface area contributed by atoms with Gasteiger partial charge in [-0.1, -0.05) is 6.07 Å². The van der Waals surface area contributed by atoms with Crippen LogP contribution < -0.4 is 20.1 Å². The van der Waals surface area contributed by atoms with E-state index in [0.717, 1.165) is 17.1 Å². The highest BCUT2D eigenvalue weighted by Crippen LogP contribution is 2.32. The van der Waals surface area contributed by atoms with E-state index >= 15 is 0 Å². The molecule has 0 saturated carbocycles. The Morgan fingerprint density at radius 3 is 3.00 bits per heavy atom. The van der Waals surface area contributed by atoms with Crippen molar-refractivity contribution in [3.05, 3.63) is 42.4 Å². The summed E-state index contributed by atoms with van der Waals surface area (Å²) in [5.41, 5.74) is 1.02. The lowest BCUT2D eigenvalue weighted by Gasteiger charge is -2.06. The van der Waals surface area contributed by atoms with Crippen LogP contribution in [0.4, 0.5) is 5.82 Å². The summed E-state index contributed by atoms with van der Waals surface area (Å²) >= 11 is 0. The van der Waals surface area contributed by atoms with Gasteiger partial charge in [-0.3, -0.25) is 9.78 Å². The number of amides is 1. The van der Waals surface area contributed by atoms with Crippen molar-refractivity contribution in [2.75, 3.05) is 18.7 Å². The average Bonchev–Trinajstić information content (AvgIpc) is 2.96. The molecule has 1 aliphatic heterocycles. The summed E-state index contributed by atoms with van der Waals surface area (Å²) in [7, 11) is 0. The Morgan fingerprint density at radius 2 is 2.14 bits per heavy atom. The normalized spacial score (nSPS) is 12.2. The first-order chi connectivity index (χ1) is 10.3. The number of aromatic nitrogens is 2. The van der Waals surface area contributed by atoms with Crippen molar-refractivity contribution in [1.29, 1.82) is 0 Å². The first-order valence-electron chi connectivity index (χ1n) is 6.46. The molecular weight excluding hydrogens is 272 g/mol.